The van der Waals surface area contributed by atoms with Crippen molar-refractivity contribution < 1.29 is 13.2 Å². The van der Waals surface area contributed by atoms with Gasteiger partial charge in [-0.15, -0.1) is 0 Å². The Morgan fingerprint density at radius 2 is 2.10 bits per heavy atom. The summed E-state index contributed by atoms with van der Waals surface area (Å²) >= 11 is 0. The number of rotatable bonds is 5. The highest BCUT2D eigenvalue weighted by molar-refractivity contribution is 7.88. The fraction of sp³-hybridized carbons (Fsp3) is 0.600. The first kappa shape index (κ1) is 16.3. The van der Waals surface area contributed by atoms with Crippen molar-refractivity contribution in [3.8, 4) is 5.75 Å². The monoisotopic (exact) mass is 312 g/mol. The Balaban J connectivity index is 1.93. The third-order valence-electron chi connectivity index (χ3n) is 4.08. The zero-order chi connectivity index (χ0) is 15.5. The molecule has 1 N–H and O–H groups in total. The highest BCUT2D eigenvalue weighted by atomic mass is 32.2. The van der Waals surface area contributed by atoms with E-state index in [2.05, 4.69) is 12.2 Å². The maximum absolute atomic E-state index is 11.6. The quantitative estimate of drug-likeness (QED) is 0.894. The molecule has 1 saturated heterocycles. The standard InChI is InChI=1S/C15H24N2O3S/c1-12-11-17(21(3,18)19)9-8-14(12)16-10-13-6-4-5-7-15(13)20-2/h4-7,12,14,16H,8-11H2,1-3H3/t12-,14-/m0/s1. The fourth-order valence-corrected chi connectivity index (χ4v) is 3.74. The molecule has 1 aromatic carbocycles. The van der Waals surface area contributed by atoms with Crippen molar-refractivity contribution in [2.45, 2.75) is 25.9 Å². The molecule has 1 fully saturated rings. The van der Waals surface area contributed by atoms with Crippen LogP contribution in [-0.2, 0) is 16.6 Å². The molecule has 2 rings (SSSR count). The number of methoxy groups -OCH3 is 1. The first-order valence-corrected chi connectivity index (χ1v) is 9.07. The molecule has 1 aliphatic heterocycles. The largest absolute Gasteiger partial charge is 0.496 e. The van der Waals surface area contributed by atoms with Gasteiger partial charge < -0.3 is 10.1 Å². The van der Waals surface area contributed by atoms with Gasteiger partial charge in [0.15, 0.2) is 0 Å². The van der Waals surface area contributed by atoms with Gasteiger partial charge in [-0.1, -0.05) is 25.1 Å². The molecule has 1 heterocycles. The Bertz CT molecular complexity index is 574. The summed E-state index contributed by atoms with van der Waals surface area (Å²) in [6.45, 7) is 4.00. The maximum atomic E-state index is 11.6. The number of hydrogen-bond acceptors (Lipinski definition) is 4. The van der Waals surface area contributed by atoms with Crippen LogP contribution in [0.1, 0.15) is 18.9 Å². The van der Waals surface area contributed by atoms with E-state index in [-0.39, 0.29) is 0 Å². The normalized spacial score (nSPS) is 24.0. The summed E-state index contributed by atoms with van der Waals surface area (Å²) < 4.78 is 30.1. The van der Waals surface area contributed by atoms with Gasteiger partial charge in [0, 0.05) is 31.2 Å². The van der Waals surface area contributed by atoms with Crippen LogP contribution in [0, 0.1) is 5.92 Å². The van der Waals surface area contributed by atoms with Gasteiger partial charge in [-0.05, 0) is 18.4 Å². The lowest BCUT2D eigenvalue weighted by molar-refractivity contribution is 0.219. The molecular weight excluding hydrogens is 288 g/mol. The molecule has 0 radical (unpaired) electrons. The van der Waals surface area contributed by atoms with Crippen molar-refractivity contribution in [2.75, 3.05) is 26.5 Å². The molecule has 21 heavy (non-hydrogen) atoms. The lowest BCUT2D eigenvalue weighted by Crippen LogP contribution is -2.49. The number of ether oxygens (including phenoxy) is 1. The van der Waals surface area contributed by atoms with Crippen molar-refractivity contribution in [3.05, 3.63) is 29.8 Å². The molecular formula is C15H24N2O3S. The molecule has 5 nitrogen and oxygen atoms in total. The third kappa shape index (κ3) is 4.18. The molecule has 0 aromatic heterocycles. The van der Waals surface area contributed by atoms with Crippen LogP contribution in [0.3, 0.4) is 0 Å². The Kier molecular flexibility index (Phi) is 5.24. The summed E-state index contributed by atoms with van der Waals surface area (Å²) in [6, 6.07) is 8.27. The highest BCUT2D eigenvalue weighted by Crippen LogP contribution is 2.21. The van der Waals surface area contributed by atoms with Crippen LogP contribution in [0.25, 0.3) is 0 Å². The van der Waals surface area contributed by atoms with Crippen LogP contribution < -0.4 is 10.1 Å². The van der Waals surface area contributed by atoms with Crippen molar-refractivity contribution in [1.82, 2.24) is 9.62 Å². The summed E-state index contributed by atoms with van der Waals surface area (Å²) in [5.41, 5.74) is 1.12. The van der Waals surface area contributed by atoms with Gasteiger partial charge in [-0.3, -0.25) is 0 Å². The van der Waals surface area contributed by atoms with Gasteiger partial charge in [0.25, 0.3) is 0 Å². The van der Waals surface area contributed by atoms with Crippen LogP contribution in [0.4, 0.5) is 0 Å². The number of benzene rings is 1. The van der Waals surface area contributed by atoms with E-state index in [4.69, 9.17) is 4.74 Å². The van der Waals surface area contributed by atoms with Crippen LogP contribution in [0.5, 0.6) is 5.75 Å². The van der Waals surface area contributed by atoms with Crippen molar-refractivity contribution in [1.29, 1.82) is 0 Å². The summed E-state index contributed by atoms with van der Waals surface area (Å²) in [7, 11) is -1.40. The average Bonchev–Trinajstić information content (AvgIpc) is 2.45. The number of hydrogen-bond donors (Lipinski definition) is 1. The minimum atomic E-state index is -3.07. The van der Waals surface area contributed by atoms with E-state index in [9.17, 15) is 8.42 Å². The number of sulfonamides is 1. The number of nitrogens with one attached hydrogen (secondary N) is 1. The molecule has 0 aliphatic carbocycles. The van der Waals surface area contributed by atoms with Crippen LogP contribution in [-0.4, -0.2) is 45.2 Å². The lowest BCUT2D eigenvalue weighted by Gasteiger charge is -2.36. The smallest absolute Gasteiger partial charge is 0.211 e. The number of para-hydroxylation sites is 1. The van der Waals surface area contributed by atoms with Gasteiger partial charge >= 0.3 is 0 Å². The summed E-state index contributed by atoms with van der Waals surface area (Å²) in [6.07, 6.45) is 2.12. The third-order valence-corrected chi connectivity index (χ3v) is 5.35. The molecule has 2 atom stereocenters. The van der Waals surface area contributed by atoms with Gasteiger partial charge in [0.2, 0.25) is 10.0 Å². The molecule has 0 amide bonds. The molecule has 0 unspecified atom stereocenters. The maximum Gasteiger partial charge on any atom is 0.211 e. The predicted molar refractivity (Wildman–Crippen MR) is 83.8 cm³/mol. The van der Waals surface area contributed by atoms with E-state index < -0.39 is 10.0 Å². The van der Waals surface area contributed by atoms with E-state index in [1.54, 1.807) is 11.4 Å². The highest BCUT2D eigenvalue weighted by Gasteiger charge is 2.30. The van der Waals surface area contributed by atoms with E-state index in [1.165, 1.54) is 6.26 Å². The second kappa shape index (κ2) is 6.77. The Morgan fingerprint density at radius 1 is 1.38 bits per heavy atom. The second-order valence-electron chi connectivity index (χ2n) is 5.69. The number of nitrogens with zero attached hydrogens (tertiary/aromatic N) is 1. The molecule has 1 aliphatic rings. The molecule has 118 valence electrons. The fourth-order valence-electron chi connectivity index (χ4n) is 2.80. The first-order chi connectivity index (χ1) is 9.91. The van der Waals surface area contributed by atoms with E-state index in [0.717, 1.165) is 24.3 Å². The van der Waals surface area contributed by atoms with E-state index in [1.807, 2.05) is 24.3 Å². The molecule has 0 saturated carbocycles. The summed E-state index contributed by atoms with van der Waals surface area (Å²) in [4.78, 5) is 0. The SMILES string of the molecule is COc1ccccc1CN[C@H]1CCN(S(C)(=O)=O)C[C@@H]1C. The van der Waals surface area contributed by atoms with Crippen molar-refractivity contribution in [3.63, 3.8) is 0 Å². The zero-order valence-electron chi connectivity index (χ0n) is 12.9. The minimum absolute atomic E-state index is 0.295. The topological polar surface area (TPSA) is 58.6 Å². The second-order valence-corrected chi connectivity index (χ2v) is 7.67. The molecule has 0 spiro atoms. The van der Waals surface area contributed by atoms with Crippen LogP contribution >= 0.6 is 0 Å². The average molecular weight is 312 g/mol. The molecule has 6 heteroatoms. The van der Waals surface area contributed by atoms with E-state index >= 15 is 0 Å². The Morgan fingerprint density at radius 3 is 2.71 bits per heavy atom. The summed E-state index contributed by atoms with van der Waals surface area (Å²) in [5.74, 6) is 1.18. The van der Waals surface area contributed by atoms with Crippen LogP contribution in [0.15, 0.2) is 24.3 Å². The predicted octanol–water partition coefficient (Wildman–Crippen LogP) is 1.45. The Hall–Kier alpha value is -1.11. The van der Waals surface area contributed by atoms with Crippen molar-refractivity contribution in [2.24, 2.45) is 5.92 Å². The first-order valence-electron chi connectivity index (χ1n) is 7.22. The Labute approximate surface area is 127 Å². The molecule has 1 aromatic rings. The number of piperidine rings is 1. The van der Waals surface area contributed by atoms with E-state index in [0.29, 0.717) is 25.0 Å². The van der Waals surface area contributed by atoms with Gasteiger partial charge in [-0.2, -0.15) is 0 Å². The van der Waals surface area contributed by atoms with Crippen LogP contribution in [0.2, 0.25) is 0 Å². The minimum Gasteiger partial charge on any atom is -0.496 e. The lowest BCUT2D eigenvalue weighted by atomic mass is 9.95. The van der Waals surface area contributed by atoms with Crippen molar-refractivity contribution >= 4 is 10.0 Å². The van der Waals surface area contributed by atoms with Gasteiger partial charge in [0.1, 0.15) is 5.75 Å². The molecule has 0 bridgehead atoms. The van der Waals surface area contributed by atoms with Gasteiger partial charge in [-0.25, -0.2) is 12.7 Å². The zero-order valence-corrected chi connectivity index (χ0v) is 13.7. The summed E-state index contributed by atoms with van der Waals surface area (Å²) in [5, 5.41) is 3.53. The van der Waals surface area contributed by atoms with Gasteiger partial charge in [0.05, 0.1) is 13.4 Å².